The molecular weight excluding hydrogens is 402 g/mol. The van der Waals surface area contributed by atoms with Crippen molar-refractivity contribution in [2.45, 2.75) is 61.5 Å². The van der Waals surface area contributed by atoms with Gasteiger partial charge in [0, 0.05) is 12.8 Å². The molecule has 0 aliphatic heterocycles. The zero-order valence-corrected chi connectivity index (χ0v) is 17.7. The molecule has 158 valence electrons. The lowest BCUT2D eigenvalue weighted by molar-refractivity contribution is -0.119. The number of Topliss-reactive ketones (excluding diaryl/α,β-unsaturated/α-hetero) is 1. The summed E-state index contributed by atoms with van der Waals surface area (Å²) in [7, 11) is -3.27. The monoisotopic (exact) mass is 427 g/mol. The van der Waals surface area contributed by atoms with Crippen LogP contribution in [-0.2, 0) is 19.4 Å². The SMILES string of the molecule is Cc1cnc(NC(=O)[C@@H](C[C@H]2CCC(=O)C2)c2ccc(S(=O)(=O)C3CC3)cc2)cn1. The van der Waals surface area contributed by atoms with E-state index in [1.165, 1.54) is 6.20 Å². The van der Waals surface area contributed by atoms with E-state index < -0.39 is 15.8 Å². The lowest BCUT2D eigenvalue weighted by atomic mass is 9.87. The first-order valence-corrected chi connectivity index (χ1v) is 11.8. The number of hydrogen-bond donors (Lipinski definition) is 1. The number of nitrogens with zero attached hydrogens (tertiary/aromatic N) is 2. The van der Waals surface area contributed by atoms with Gasteiger partial charge in [0.05, 0.1) is 34.2 Å². The fourth-order valence-electron chi connectivity index (χ4n) is 3.95. The van der Waals surface area contributed by atoms with E-state index in [9.17, 15) is 18.0 Å². The van der Waals surface area contributed by atoms with E-state index in [0.717, 1.165) is 17.7 Å². The van der Waals surface area contributed by atoms with Gasteiger partial charge in [-0.3, -0.25) is 14.6 Å². The molecule has 8 heteroatoms. The number of aromatic nitrogens is 2. The number of sulfone groups is 1. The quantitative estimate of drug-likeness (QED) is 0.727. The van der Waals surface area contributed by atoms with E-state index >= 15 is 0 Å². The number of hydrogen-bond acceptors (Lipinski definition) is 6. The van der Waals surface area contributed by atoms with Gasteiger partial charge in [-0.2, -0.15) is 0 Å². The summed E-state index contributed by atoms with van der Waals surface area (Å²) in [6.45, 7) is 1.82. The van der Waals surface area contributed by atoms with Crippen molar-refractivity contribution in [3.63, 3.8) is 0 Å². The third kappa shape index (κ3) is 4.59. The Balaban J connectivity index is 1.56. The minimum atomic E-state index is -3.27. The molecule has 2 aliphatic rings. The summed E-state index contributed by atoms with van der Waals surface area (Å²) in [6, 6.07) is 6.62. The molecule has 0 spiro atoms. The third-order valence-corrected chi connectivity index (χ3v) is 8.12. The Morgan fingerprint density at radius 1 is 1.13 bits per heavy atom. The number of amides is 1. The minimum absolute atomic E-state index is 0.146. The van der Waals surface area contributed by atoms with Crippen molar-refractivity contribution in [1.82, 2.24) is 9.97 Å². The molecular formula is C22H25N3O4S. The van der Waals surface area contributed by atoms with Crippen molar-refractivity contribution >= 4 is 27.3 Å². The minimum Gasteiger partial charge on any atom is -0.309 e. The maximum absolute atomic E-state index is 13.1. The number of nitrogens with one attached hydrogen (secondary N) is 1. The second-order valence-corrected chi connectivity index (χ2v) is 10.5. The Kier molecular flexibility index (Phi) is 5.69. The highest BCUT2D eigenvalue weighted by Gasteiger charge is 2.37. The number of rotatable bonds is 7. The lowest BCUT2D eigenvalue weighted by Crippen LogP contribution is -2.24. The van der Waals surface area contributed by atoms with Crippen LogP contribution in [-0.4, -0.2) is 35.3 Å². The van der Waals surface area contributed by atoms with E-state index in [4.69, 9.17) is 0 Å². The maximum Gasteiger partial charge on any atom is 0.233 e. The molecule has 2 fully saturated rings. The van der Waals surface area contributed by atoms with Crippen LogP contribution in [0.2, 0.25) is 0 Å². The molecule has 0 radical (unpaired) electrons. The Morgan fingerprint density at radius 2 is 1.87 bits per heavy atom. The molecule has 0 saturated heterocycles. The number of aryl methyl sites for hydroxylation is 1. The third-order valence-electron chi connectivity index (χ3n) is 5.84. The van der Waals surface area contributed by atoms with Gasteiger partial charge in [-0.15, -0.1) is 0 Å². The predicted molar refractivity (Wildman–Crippen MR) is 112 cm³/mol. The van der Waals surface area contributed by atoms with Gasteiger partial charge >= 0.3 is 0 Å². The van der Waals surface area contributed by atoms with Crippen molar-refractivity contribution in [2.75, 3.05) is 5.32 Å². The highest BCUT2D eigenvalue weighted by molar-refractivity contribution is 7.92. The van der Waals surface area contributed by atoms with Crippen molar-refractivity contribution in [2.24, 2.45) is 5.92 Å². The standard InChI is InChI=1S/C22H25N3O4S/c1-14-12-24-21(13-23-14)25-22(27)20(11-15-2-5-17(26)10-15)16-3-6-18(7-4-16)30(28,29)19-8-9-19/h3-4,6-7,12-13,15,19-20H,2,5,8-11H2,1H3,(H,24,25,27)/t15-,20-/m0/s1. The molecule has 30 heavy (non-hydrogen) atoms. The van der Waals surface area contributed by atoms with E-state index in [1.807, 2.05) is 6.92 Å². The number of carbonyl (C=O) groups is 2. The summed E-state index contributed by atoms with van der Waals surface area (Å²) >= 11 is 0. The molecule has 1 aromatic carbocycles. The van der Waals surface area contributed by atoms with Gasteiger partial charge in [0.2, 0.25) is 5.91 Å². The van der Waals surface area contributed by atoms with Crippen LogP contribution >= 0.6 is 0 Å². The van der Waals surface area contributed by atoms with Crippen LogP contribution in [0.1, 0.15) is 55.7 Å². The fraction of sp³-hybridized carbons (Fsp3) is 0.455. The summed E-state index contributed by atoms with van der Waals surface area (Å²) in [5.41, 5.74) is 1.49. The fourth-order valence-corrected chi connectivity index (χ4v) is 5.61. The van der Waals surface area contributed by atoms with Gasteiger partial charge in [0.1, 0.15) is 5.78 Å². The molecule has 7 nitrogen and oxygen atoms in total. The van der Waals surface area contributed by atoms with Crippen LogP contribution in [0.15, 0.2) is 41.6 Å². The molecule has 1 aromatic heterocycles. The zero-order valence-electron chi connectivity index (χ0n) is 16.9. The topological polar surface area (TPSA) is 106 Å². The first-order chi connectivity index (χ1) is 14.3. The van der Waals surface area contributed by atoms with Crippen LogP contribution in [0.25, 0.3) is 0 Å². The summed E-state index contributed by atoms with van der Waals surface area (Å²) in [5.74, 6) is 0.0136. The zero-order chi connectivity index (χ0) is 21.3. The maximum atomic E-state index is 13.1. The van der Waals surface area contributed by atoms with Crippen molar-refractivity contribution < 1.29 is 18.0 Å². The highest BCUT2D eigenvalue weighted by Crippen LogP contribution is 2.36. The molecule has 4 rings (SSSR count). The highest BCUT2D eigenvalue weighted by atomic mass is 32.2. The van der Waals surface area contributed by atoms with Gasteiger partial charge in [-0.05, 0) is 56.2 Å². The predicted octanol–water partition coefficient (Wildman–Crippen LogP) is 3.20. The van der Waals surface area contributed by atoms with Gasteiger partial charge < -0.3 is 5.32 Å². The van der Waals surface area contributed by atoms with E-state index in [0.29, 0.717) is 42.8 Å². The van der Waals surface area contributed by atoms with Crippen LogP contribution in [0.5, 0.6) is 0 Å². The normalized spacial score (nSPS) is 20.2. The molecule has 0 bridgehead atoms. The van der Waals surface area contributed by atoms with Crippen LogP contribution in [0.4, 0.5) is 5.82 Å². The Morgan fingerprint density at radius 3 is 2.43 bits per heavy atom. The molecule has 0 unspecified atom stereocenters. The van der Waals surface area contributed by atoms with E-state index in [1.54, 1.807) is 30.5 Å². The van der Waals surface area contributed by atoms with Crippen LogP contribution < -0.4 is 5.32 Å². The summed E-state index contributed by atoms with van der Waals surface area (Å²) < 4.78 is 24.9. The van der Waals surface area contributed by atoms with Gasteiger partial charge in [0.15, 0.2) is 15.7 Å². The molecule has 2 saturated carbocycles. The van der Waals surface area contributed by atoms with Crippen LogP contribution in [0.3, 0.4) is 0 Å². The Labute approximate surface area is 176 Å². The average Bonchev–Trinajstić information content (AvgIpc) is 3.51. The van der Waals surface area contributed by atoms with Gasteiger partial charge in [0.25, 0.3) is 0 Å². The second-order valence-electron chi connectivity index (χ2n) is 8.28. The Bertz CT molecular complexity index is 1040. The smallest absolute Gasteiger partial charge is 0.233 e. The second kappa shape index (κ2) is 8.26. The van der Waals surface area contributed by atoms with Crippen molar-refractivity contribution in [3.8, 4) is 0 Å². The number of ketones is 1. The number of benzene rings is 1. The summed E-state index contributed by atoms with van der Waals surface area (Å²) in [5, 5.41) is 2.54. The van der Waals surface area contributed by atoms with Crippen molar-refractivity contribution in [1.29, 1.82) is 0 Å². The van der Waals surface area contributed by atoms with Gasteiger partial charge in [-0.25, -0.2) is 13.4 Å². The molecule has 2 aromatic rings. The molecule has 2 atom stereocenters. The summed E-state index contributed by atoms with van der Waals surface area (Å²) in [6.07, 6.45) is 6.87. The Hall–Kier alpha value is -2.61. The molecule has 1 N–H and O–H groups in total. The first kappa shape index (κ1) is 20.7. The average molecular weight is 428 g/mol. The molecule has 1 heterocycles. The van der Waals surface area contributed by atoms with Gasteiger partial charge in [-0.1, -0.05) is 12.1 Å². The number of anilines is 1. The number of carbonyl (C=O) groups excluding carboxylic acids is 2. The summed E-state index contributed by atoms with van der Waals surface area (Å²) in [4.78, 5) is 33.4. The molecule has 1 amide bonds. The molecule has 2 aliphatic carbocycles. The first-order valence-electron chi connectivity index (χ1n) is 10.3. The van der Waals surface area contributed by atoms with Crippen LogP contribution in [0, 0.1) is 12.8 Å². The van der Waals surface area contributed by atoms with Crippen molar-refractivity contribution in [3.05, 3.63) is 47.9 Å². The van der Waals surface area contributed by atoms with E-state index in [-0.39, 0.29) is 22.9 Å². The largest absolute Gasteiger partial charge is 0.309 e. The van der Waals surface area contributed by atoms with E-state index in [2.05, 4.69) is 15.3 Å². The lowest BCUT2D eigenvalue weighted by Gasteiger charge is -2.20.